The highest BCUT2D eigenvalue weighted by molar-refractivity contribution is 6.06. The fourth-order valence-corrected chi connectivity index (χ4v) is 4.01. The zero-order chi connectivity index (χ0) is 23.3. The fraction of sp³-hybridized carbons (Fsp3) is 0.111. The first-order valence-electron chi connectivity index (χ1n) is 11.1. The van der Waals surface area contributed by atoms with Gasteiger partial charge < -0.3 is 10.2 Å². The highest BCUT2D eigenvalue weighted by atomic mass is 16.2. The molecule has 2 aromatic heterocycles. The largest absolute Gasteiger partial charge is 0.321 e. The molecule has 0 saturated carbocycles. The van der Waals surface area contributed by atoms with E-state index in [4.69, 9.17) is 5.10 Å². The van der Waals surface area contributed by atoms with Crippen molar-refractivity contribution in [2.75, 3.05) is 16.8 Å². The first-order valence-corrected chi connectivity index (χ1v) is 11.1. The highest BCUT2D eigenvalue weighted by Gasteiger charge is 2.24. The topological polar surface area (TPSA) is 80.1 Å². The Kier molecular flexibility index (Phi) is 5.99. The van der Waals surface area contributed by atoms with Crippen molar-refractivity contribution in [1.29, 1.82) is 0 Å². The van der Waals surface area contributed by atoms with Gasteiger partial charge >= 0.3 is 0 Å². The quantitative estimate of drug-likeness (QED) is 0.432. The average molecular weight is 450 g/mol. The molecule has 168 valence electrons. The second-order valence-electron chi connectivity index (χ2n) is 7.94. The maximum absolute atomic E-state index is 12.8. The summed E-state index contributed by atoms with van der Waals surface area (Å²) in [5.41, 5.74) is 4.62. The number of para-hydroxylation sites is 3. The molecule has 0 radical (unpaired) electrons. The van der Waals surface area contributed by atoms with Crippen molar-refractivity contribution < 1.29 is 9.59 Å². The standard InChI is InChI=1S/C27H23N5O2/c33-25(29-23-11-4-5-12-24(23)31-17-7-13-26(31)34)15-14-21-19-32(22-9-2-1-3-10-22)30-27(21)20-8-6-16-28-18-20/h1-6,8-12,14-16,18-19H,7,13,17H2,(H,29,33)/b15-14+. The van der Waals surface area contributed by atoms with Gasteiger partial charge in [-0.05, 0) is 48.9 Å². The number of benzene rings is 2. The first-order chi connectivity index (χ1) is 16.7. The number of nitrogens with one attached hydrogen (secondary N) is 1. The minimum atomic E-state index is -0.288. The molecular formula is C27H23N5O2. The van der Waals surface area contributed by atoms with Crippen LogP contribution in [0.15, 0.2) is 91.4 Å². The van der Waals surface area contributed by atoms with Crippen LogP contribution in [-0.4, -0.2) is 33.1 Å². The van der Waals surface area contributed by atoms with Crippen LogP contribution in [0.4, 0.5) is 11.4 Å². The van der Waals surface area contributed by atoms with Crippen molar-refractivity contribution in [3.8, 4) is 16.9 Å². The van der Waals surface area contributed by atoms with Crippen LogP contribution in [-0.2, 0) is 9.59 Å². The molecular weight excluding hydrogens is 426 g/mol. The molecule has 4 aromatic rings. The molecule has 0 atom stereocenters. The van der Waals surface area contributed by atoms with Gasteiger partial charge in [0.15, 0.2) is 0 Å². The third kappa shape index (κ3) is 4.49. The van der Waals surface area contributed by atoms with Crippen LogP contribution < -0.4 is 10.2 Å². The maximum atomic E-state index is 12.8. The lowest BCUT2D eigenvalue weighted by Crippen LogP contribution is -2.25. The van der Waals surface area contributed by atoms with Crippen LogP contribution in [0, 0.1) is 0 Å². The number of pyridine rings is 1. The van der Waals surface area contributed by atoms with E-state index in [1.54, 1.807) is 34.1 Å². The van der Waals surface area contributed by atoms with E-state index in [1.165, 1.54) is 6.08 Å². The van der Waals surface area contributed by atoms with E-state index in [1.807, 2.05) is 66.9 Å². The molecule has 1 fully saturated rings. The number of carbonyl (C=O) groups excluding carboxylic acids is 2. The van der Waals surface area contributed by atoms with Crippen molar-refractivity contribution in [2.45, 2.75) is 12.8 Å². The molecule has 1 N–H and O–H groups in total. The molecule has 1 aliphatic heterocycles. The summed E-state index contributed by atoms with van der Waals surface area (Å²) in [4.78, 5) is 30.9. The molecule has 2 aromatic carbocycles. The summed E-state index contributed by atoms with van der Waals surface area (Å²) in [7, 11) is 0. The first kappa shape index (κ1) is 21.3. The lowest BCUT2D eigenvalue weighted by atomic mass is 10.1. The molecule has 1 aliphatic rings. The molecule has 7 heteroatoms. The van der Waals surface area contributed by atoms with Crippen molar-refractivity contribution >= 4 is 29.3 Å². The third-order valence-electron chi connectivity index (χ3n) is 5.64. The normalized spacial score (nSPS) is 13.5. The summed E-state index contributed by atoms with van der Waals surface area (Å²) >= 11 is 0. The Balaban J connectivity index is 1.42. The van der Waals surface area contributed by atoms with E-state index in [0.717, 1.165) is 34.6 Å². The summed E-state index contributed by atoms with van der Waals surface area (Å²) in [6.45, 7) is 0.661. The molecule has 0 bridgehead atoms. The lowest BCUT2D eigenvalue weighted by Gasteiger charge is -2.19. The molecule has 0 spiro atoms. The Bertz CT molecular complexity index is 1350. The van der Waals surface area contributed by atoms with Gasteiger partial charge in [0, 0.05) is 48.8 Å². The van der Waals surface area contributed by atoms with Crippen molar-refractivity contribution in [3.63, 3.8) is 0 Å². The van der Waals surface area contributed by atoms with Crippen molar-refractivity contribution in [1.82, 2.24) is 14.8 Å². The minimum Gasteiger partial charge on any atom is -0.321 e. The molecule has 0 aliphatic carbocycles. The zero-order valence-electron chi connectivity index (χ0n) is 18.5. The molecule has 2 amide bonds. The number of hydrogen-bond donors (Lipinski definition) is 1. The van der Waals surface area contributed by atoms with Gasteiger partial charge in [0.25, 0.3) is 0 Å². The third-order valence-corrected chi connectivity index (χ3v) is 5.64. The van der Waals surface area contributed by atoms with E-state index < -0.39 is 0 Å². The second-order valence-corrected chi connectivity index (χ2v) is 7.94. The van der Waals surface area contributed by atoms with Gasteiger partial charge in [0.2, 0.25) is 11.8 Å². The number of amides is 2. The molecule has 5 rings (SSSR count). The van der Waals surface area contributed by atoms with E-state index in [-0.39, 0.29) is 11.8 Å². The minimum absolute atomic E-state index is 0.0756. The van der Waals surface area contributed by atoms with Gasteiger partial charge in [0.1, 0.15) is 5.69 Å². The number of hydrogen-bond acceptors (Lipinski definition) is 4. The van der Waals surface area contributed by atoms with Gasteiger partial charge in [-0.1, -0.05) is 30.3 Å². The fourth-order valence-electron chi connectivity index (χ4n) is 4.01. The van der Waals surface area contributed by atoms with Gasteiger partial charge in [-0.15, -0.1) is 0 Å². The zero-order valence-corrected chi connectivity index (χ0v) is 18.5. The highest BCUT2D eigenvalue weighted by Crippen LogP contribution is 2.29. The number of aromatic nitrogens is 3. The molecule has 7 nitrogen and oxygen atoms in total. The van der Waals surface area contributed by atoms with Gasteiger partial charge in [-0.2, -0.15) is 5.10 Å². The summed E-state index contributed by atoms with van der Waals surface area (Å²) in [5, 5.41) is 7.65. The maximum Gasteiger partial charge on any atom is 0.248 e. The smallest absolute Gasteiger partial charge is 0.248 e. The number of nitrogens with zero attached hydrogens (tertiary/aromatic N) is 4. The predicted octanol–water partition coefficient (Wildman–Crippen LogP) is 4.71. The van der Waals surface area contributed by atoms with Crippen LogP contribution in [0.3, 0.4) is 0 Å². The van der Waals surface area contributed by atoms with Gasteiger partial charge in [-0.25, -0.2) is 4.68 Å². The molecule has 0 unspecified atom stereocenters. The van der Waals surface area contributed by atoms with Crippen LogP contribution in [0.25, 0.3) is 23.0 Å². The lowest BCUT2D eigenvalue weighted by molar-refractivity contribution is -0.117. The number of carbonyl (C=O) groups is 2. The Morgan fingerprint density at radius 1 is 1.00 bits per heavy atom. The Morgan fingerprint density at radius 2 is 1.82 bits per heavy atom. The molecule has 3 heterocycles. The van der Waals surface area contributed by atoms with E-state index in [9.17, 15) is 9.59 Å². The Hall–Kier alpha value is -4.52. The van der Waals surface area contributed by atoms with Gasteiger partial charge in [0.05, 0.1) is 17.1 Å². The summed E-state index contributed by atoms with van der Waals surface area (Å²) < 4.78 is 1.79. The van der Waals surface area contributed by atoms with Crippen LogP contribution in [0.1, 0.15) is 18.4 Å². The Morgan fingerprint density at radius 3 is 2.59 bits per heavy atom. The van der Waals surface area contributed by atoms with Crippen LogP contribution in [0.5, 0.6) is 0 Å². The van der Waals surface area contributed by atoms with E-state index in [2.05, 4.69) is 10.3 Å². The summed E-state index contributed by atoms with van der Waals surface area (Å²) in [5.74, 6) is -0.213. The number of rotatable bonds is 6. The molecule has 1 saturated heterocycles. The van der Waals surface area contributed by atoms with Crippen molar-refractivity contribution in [3.05, 3.63) is 97.0 Å². The van der Waals surface area contributed by atoms with Crippen LogP contribution in [0.2, 0.25) is 0 Å². The predicted molar refractivity (Wildman–Crippen MR) is 132 cm³/mol. The summed E-state index contributed by atoms with van der Waals surface area (Å²) in [6, 6.07) is 20.9. The van der Waals surface area contributed by atoms with Crippen molar-refractivity contribution in [2.24, 2.45) is 0 Å². The second kappa shape index (κ2) is 9.54. The average Bonchev–Trinajstić information content (AvgIpc) is 3.50. The number of anilines is 2. The monoisotopic (exact) mass is 449 g/mol. The summed E-state index contributed by atoms with van der Waals surface area (Å²) in [6.07, 6.45) is 9.93. The van der Waals surface area contributed by atoms with E-state index in [0.29, 0.717) is 18.7 Å². The molecule has 34 heavy (non-hydrogen) atoms. The van der Waals surface area contributed by atoms with E-state index >= 15 is 0 Å². The Labute approximate surface area is 197 Å². The van der Waals surface area contributed by atoms with Crippen LogP contribution >= 0.6 is 0 Å². The van der Waals surface area contributed by atoms with Gasteiger partial charge in [-0.3, -0.25) is 14.6 Å². The SMILES string of the molecule is O=C(/C=C/c1cn(-c2ccccc2)nc1-c1cccnc1)Nc1ccccc1N1CCCC1=O.